The lowest BCUT2D eigenvalue weighted by molar-refractivity contribution is 0.0962. The quantitative estimate of drug-likeness (QED) is 0.500. The van der Waals surface area contributed by atoms with Gasteiger partial charge < -0.3 is 10.6 Å². The number of carbonyl (C=O) groups is 1. The minimum Gasteiger partial charge on any atom is -0.393 e. The fourth-order valence-electron chi connectivity index (χ4n) is 2.74. The SMILES string of the molecule is CCN(c1cccc(C)c1)c1ncnc(NNC(=O)c2ccc(Br)cc2)c1N. The van der Waals surface area contributed by atoms with Gasteiger partial charge in [0.25, 0.3) is 5.91 Å². The number of halogens is 1. The van der Waals surface area contributed by atoms with Gasteiger partial charge in [-0.25, -0.2) is 9.97 Å². The van der Waals surface area contributed by atoms with Gasteiger partial charge in [0.05, 0.1) is 0 Å². The first-order valence-corrected chi connectivity index (χ1v) is 9.55. The first kappa shape index (κ1) is 19.6. The maximum absolute atomic E-state index is 12.3. The number of nitrogens with one attached hydrogen (secondary N) is 2. The van der Waals surface area contributed by atoms with Crippen LogP contribution in [0.3, 0.4) is 0 Å². The highest BCUT2D eigenvalue weighted by Gasteiger charge is 2.16. The summed E-state index contributed by atoms with van der Waals surface area (Å²) in [5.74, 6) is 0.614. The zero-order valence-electron chi connectivity index (χ0n) is 15.6. The van der Waals surface area contributed by atoms with Crippen molar-refractivity contribution in [1.29, 1.82) is 0 Å². The molecule has 0 saturated carbocycles. The van der Waals surface area contributed by atoms with Gasteiger partial charge in [0.2, 0.25) is 0 Å². The van der Waals surface area contributed by atoms with Crippen molar-refractivity contribution in [3.05, 3.63) is 70.5 Å². The molecule has 0 aliphatic rings. The van der Waals surface area contributed by atoms with Crippen LogP contribution in [-0.2, 0) is 0 Å². The molecule has 2 aromatic carbocycles. The summed E-state index contributed by atoms with van der Waals surface area (Å²) in [6, 6.07) is 15.1. The van der Waals surface area contributed by atoms with Crippen LogP contribution in [0.5, 0.6) is 0 Å². The van der Waals surface area contributed by atoms with Crippen molar-refractivity contribution in [3.8, 4) is 0 Å². The number of carbonyl (C=O) groups excluding carboxylic acids is 1. The van der Waals surface area contributed by atoms with Gasteiger partial charge in [0.15, 0.2) is 11.6 Å². The van der Waals surface area contributed by atoms with Gasteiger partial charge in [-0.3, -0.25) is 15.6 Å². The van der Waals surface area contributed by atoms with Crippen LogP contribution < -0.4 is 21.5 Å². The molecule has 4 N–H and O–H groups in total. The summed E-state index contributed by atoms with van der Waals surface area (Å²) < 4.78 is 0.900. The number of benzene rings is 2. The number of aromatic nitrogens is 2. The third-order valence-corrected chi connectivity index (χ3v) is 4.68. The predicted octanol–water partition coefficient (Wildman–Crippen LogP) is 4.04. The number of nitrogens with zero attached hydrogens (tertiary/aromatic N) is 3. The molecule has 3 aromatic rings. The number of rotatable bonds is 6. The number of aryl methyl sites for hydroxylation is 1. The van der Waals surface area contributed by atoms with Crippen molar-refractivity contribution < 1.29 is 4.79 Å². The Balaban J connectivity index is 1.80. The average Bonchev–Trinajstić information content (AvgIpc) is 2.69. The molecule has 0 saturated heterocycles. The predicted molar refractivity (Wildman–Crippen MR) is 116 cm³/mol. The van der Waals surface area contributed by atoms with Crippen molar-refractivity contribution in [3.63, 3.8) is 0 Å². The van der Waals surface area contributed by atoms with Crippen LogP contribution in [0.25, 0.3) is 0 Å². The molecule has 1 heterocycles. The van der Waals surface area contributed by atoms with Gasteiger partial charge in [0.1, 0.15) is 12.0 Å². The number of hydrogen-bond acceptors (Lipinski definition) is 6. The van der Waals surface area contributed by atoms with Crippen molar-refractivity contribution in [1.82, 2.24) is 15.4 Å². The highest BCUT2D eigenvalue weighted by molar-refractivity contribution is 9.10. The second kappa shape index (κ2) is 8.71. The van der Waals surface area contributed by atoms with Crippen LogP contribution in [0, 0.1) is 6.92 Å². The van der Waals surface area contributed by atoms with E-state index in [1.54, 1.807) is 24.3 Å². The molecule has 0 aliphatic carbocycles. The van der Waals surface area contributed by atoms with Gasteiger partial charge in [-0.2, -0.15) is 0 Å². The molecular weight excluding hydrogens is 420 g/mol. The topological polar surface area (TPSA) is 96.2 Å². The number of anilines is 4. The zero-order chi connectivity index (χ0) is 20.1. The number of nitrogen functional groups attached to an aromatic ring is 1. The highest BCUT2D eigenvalue weighted by atomic mass is 79.9. The Morgan fingerprint density at radius 3 is 2.61 bits per heavy atom. The molecule has 1 amide bonds. The molecule has 3 rings (SSSR count). The Hall–Kier alpha value is -3.13. The van der Waals surface area contributed by atoms with E-state index in [0.717, 1.165) is 15.7 Å². The monoisotopic (exact) mass is 440 g/mol. The van der Waals surface area contributed by atoms with Crippen LogP contribution >= 0.6 is 15.9 Å². The summed E-state index contributed by atoms with van der Waals surface area (Å²) in [5.41, 5.74) is 14.7. The molecule has 0 aliphatic heterocycles. The Bertz CT molecular complexity index is 977. The van der Waals surface area contributed by atoms with E-state index in [2.05, 4.69) is 42.8 Å². The first-order chi connectivity index (χ1) is 13.5. The Morgan fingerprint density at radius 2 is 1.93 bits per heavy atom. The first-order valence-electron chi connectivity index (χ1n) is 8.76. The second-order valence-corrected chi connectivity index (χ2v) is 7.04. The van der Waals surface area contributed by atoms with Gasteiger partial charge in [-0.15, -0.1) is 0 Å². The van der Waals surface area contributed by atoms with Crippen LogP contribution in [0.15, 0.2) is 59.3 Å². The fraction of sp³-hybridized carbons (Fsp3) is 0.150. The van der Waals surface area contributed by atoms with E-state index in [-0.39, 0.29) is 5.91 Å². The average molecular weight is 441 g/mol. The summed E-state index contributed by atoms with van der Waals surface area (Å²) in [7, 11) is 0. The van der Waals surface area contributed by atoms with Crippen LogP contribution in [-0.4, -0.2) is 22.4 Å². The number of amides is 1. The summed E-state index contributed by atoms with van der Waals surface area (Å²) in [6.07, 6.45) is 1.41. The van der Waals surface area contributed by atoms with Gasteiger partial charge in [-0.05, 0) is 55.8 Å². The lowest BCUT2D eigenvalue weighted by atomic mass is 10.2. The molecule has 1 aromatic heterocycles. The van der Waals surface area contributed by atoms with Crippen LogP contribution in [0.2, 0.25) is 0 Å². The van der Waals surface area contributed by atoms with E-state index in [4.69, 9.17) is 5.73 Å². The summed E-state index contributed by atoms with van der Waals surface area (Å²) in [6.45, 7) is 4.73. The minimum atomic E-state index is -0.293. The van der Waals surface area contributed by atoms with Crippen LogP contribution in [0.4, 0.5) is 23.0 Å². The van der Waals surface area contributed by atoms with Gasteiger partial charge >= 0.3 is 0 Å². The lowest BCUT2D eigenvalue weighted by Gasteiger charge is -2.24. The molecule has 28 heavy (non-hydrogen) atoms. The van der Waals surface area contributed by atoms with Crippen molar-refractivity contribution in [2.45, 2.75) is 13.8 Å². The molecule has 0 radical (unpaired) electrons. The smallest absolute Gasteiger partial charge is 0.269 e. The molecule has 0 bridgehead atoms. The number of hydrazine groups is 1. The van der Waals surface area contributed by atoms with E-state index >= 15 is 0 Å². The summed E-state index contributed by atoms with van der Waals surface area (Å²) >= 11 is 3.35. The molecule has 144 valence electrons. The van der Waals surface area contributed by atoms with Crippen molar-refractivity contribution in [2.24, 2.45) is 0 Å². The molecule has 7 nitrogen and oxygen atoms in total. The van der Waals surface area contributed by atoms with Crippen molar-refractivity contribution in [2.75, 3.05) is 22.6 Å². The molecular formula is C20H21BrN6O. The Morgan fingerprint density at radius 1 is 1.18 bits per heavy atom. The number of nitrogens with two attached hydrogens (primary N) is 1. The fourth-order valence-corrected chi connectivity index (χ4v) is 3.01. The maximum atomic E-state index is 12.3. The highest BCUT2D eigenvalue weighted by Crippen LogP contribution is 2.31. The zero-order valence-corrected chi connectivity index (χ0v) is 17.2. The standard InChI is InChI=1S/C20H21BrN6O/c1-3-27(16-6-4-5-13(2)11-16)19-17(22)18(23-12-24-19)25-26-20(28)14-7-9-15(21)10-8-14/h4-12H,3,22H2,1-2H3,(H,26,28)(H,23,24,25). The Labute approximate surface area is 172 Å². The van der Waals surface area contributed by atoms with E-state index in [1.807, 2.05) is 36.9 Å². The molecule has 0 unspecified atom stereocenters. The minimum absolute atomic E-state index is 0.293. The molecule has 0 spiro atoms. The van der Waals surface area contributed by atoms with Gasteiger partial charge in [-0.1, -0.05) is 28.1 Å². The number of hydrogen-bond donors (Lipinski definition) is 3. The summed E-state index contributed by atoms with van der Waals surface area (Å²) in [4.78, 5) is 22.8. The molecule has 0 fully saturated rings. The third-order valence-electron chi connectivity index (χ3n) is 4.15. The van der Waals surface area contributed by atoms with E-state index in [9.17, 15) is 4.79 Å². The molecule has 0 atom stereocenters. The van der Waals surface area contributed by atoms with E-state index in [1.165, 1.54) is 6.33 Å². The largest absolute Gasteiger partial charge is 0.393 e. The van der Waals surface area contributed by atoms with E-state index < -0.39 is 0 Å². The third kappa shape index (κ3) is 4.40. The summed E-state index contributed by atoms with van der Waals surface area (Å²) in [5, 5.41) is 0. The van der Waals surface area contributed by atoms with Gasteiger partial charge in [0, 0.05) is 22.3 Å². The van der Waals surface area contributed by atoms with Crippen molar-refractivity contribution >= 4 is 44.8 Å². The van der Waals surface area contributed by atoms with E-state index in [0.29, 0.717) is 29.4 Å². The lowest BCUT2D eigenvalue weighted by Crippen LogP contribution is -2.30. The molecule has 8 heteroatoms. The van der Waals surface area contributed by atoms with Crippen LogP contribution in [0.1, 0.15) is 22.8 Å². The maximum Gasteiger partial charge on any atom is 0.269 e. The Kier molecular flexibility index (Phi) is 6.10. The second-order valence-electron chi connectivity index (χ2n) is 6.13. The normalized spacial score (nSPS) is 10.4.